The molecule has 2 atom stereocenters. The molecule has 2 unspecified atom stereocenters. The highest BCUT2D eigenvalue weighted by molar-refractivity contribution is 6.05. The Morgan fingerprint density at radius 2 is 2.03 bits per heavy atom. The highest BCUT2D eigenvalue weighted by atomic mass is 19.1. The van der Waals surface area contributed by atoms with E-state index in [1.165, 1.54) is 16.7 Å². The number of hydrogen-bond acceptors (Lipinski definition) is 3. The first kappa shape index (κ1) is 24.2. The van der Waals surface area contributed by atoms with Crippen molar-refractivity contribution in [1.29, 1.82) is 0 Å². The Hall–Kier alpha value is -2.49. The van der Waals surface area contributed by atoms with Gasteiger partial charge in [-0.3, -0.25) is 9.98 Å². The number of hydrogen-bond donors (Lipinski definition) is 0. The van der Waals surface area contributed by atoms with Crippen LogP contribution < -0.4 is 0 Å². The summed E-state index contributed by atoms with van der Waals surface area (Å²) in [5.41, 5.74) is 9.78. The molecule has 2 aliphatic heterocycles. The molecule has 0 radical (unpaired) electrons. The van der Waals surface area contributed by atoms with Gasteiger partial charge >= 0.3 is 0 Å². The first-order valence-electron chi connectivity index (χ1n) is 11.9. The van der Waals surface area contributed by atoms with Crippen LogP contribution in [0.2, 0.25) is 0 Å². The first-order valence-corrected chi connectivity index (χ1v) is 11.9. The molecule has 4 heteroatoms. The number of allylic oxidation sites excluding steroid dienone is 3. The average Bonchev–Trinajstić information content (AvgIpc) is 2.75. The standard InChI is InChI=1S/C28H38FN3/c1-8-24-14-26(23(7)32-16-18(2)12-27(29)17-32)15-28(20(24)4)31-21(5)19(3)13-25-10-9-11-30-22(25)6/h10,13-15,18,27H,7-9,11-12,16-17H2,1-6H3/b19-13+,31-21?. The third-order valence-corrected chi connectivity index (χ3v) is 6.68. The molecule has 1 saturated heterocycles. The van der Waals surface area contributed by atoms with E-state index in [2.05, 4.69) is 82.3 Å². The Labute approximate surface area is 193 Å². The first-order chi connectivity index (χ1) is 15.2. The van der Waals surface area contributed by atoms with Gasteiger partial charge < -0.3 is 4.90 Å². The smallest absolute Gasteiger partial charge is 0.118 e. The van der Waals surface area contributed by atoms with Gasteiger partial charge in [0.1, 0.15) is 6.17 Å². The number of rotatable bonds is 6. The molecule has 0 amide bonds. The second-order valence-corrected chi connectivity index (χ2v) is 9.36. The second kappa shape index (κ2) is 10.4. The van der Waals surface area contributed by atoms with Crippen LogP contribution in [0.25, 0.3) is 5.70 Å². The minimum absolute atomic E-state index is 0.334. The maximum Gasteiger partial charge on any atom is 0.118 e. The number of benzene rings is 1. The van der Waals surface area contributed by atoms with Crippen LogP contribution in [0.15, 0.2) is 52.0 Å². The van der Waals surface area contributed by atoms with Gasteiger partial charge in [-0.15, -0.1) is 0 Å². The number of piperidine rings is 1. The molecule has 1 aromatic carbocycles. The summed E-state index contributed by atoms with van der Waals surface area (Å²) < 4.78 is 14.2. The van der Waals surface area contributed by atoms with E-state index < -0.39 is 6.17 Å². The summed E-state index contributed by atoms with van der Waals surface area (Å²) in [6, 6.07) is 4.32. The van der Waals surface area contributed by atoms with Crippen LogP contribution in [0.3, 0.4) is 0 Å². The van der Waals surface area contributed by atoms with Gasteiger partial charge in [0.05, 0.1) is 5.69 Å². The molecule has 172 valence electrons. The maximum absolute atomic E-state index is 14.2. The zero-order valence-corrected chi connectivity index (χ0v) is 20.6. The monoisotopic (exact) mass is 435 g/mol. The number of aryl methyl sites for hydroxylation is 1. The fourth-order valence-electron chi connectivity index (χ4n) is 4.55. The number of alkyl halides is 1. The van der Waals surface area contributed by atoms with Crippen molar-refractivity contribution in [3.63, 3.8) is 0 Å². The molecule has 2 heterocycles. The van der Waals surface area contributed by atoms with Crippen molar-refractivity contribution in [2.24, 2.45) is 15.9 Å². The molecule has 0 bridgehead atoms. The Morgan fingerprint density at radius 1 is 1.28 bits per heavy atom. The minimum Gasteiger partial charge on any atom is -0.368 e. The van der Waals surface area contributed by atoms with Gasteiger partial charge in [-0.25, -0.2) is 4.39 Å². The second-order valence-electron chi connectivity index (χ2n) is 9.36. The van der Waals surface area contributed by atoms with E-state index in [4.69, 9.17) is 4.99 Å². The molecule has 1 aromatic rings. The molecular weight excluding hydrogens is 397 g/mol. The van der Waals surface area contributed by atoms with Crippen LogP contribution in [0, 0.1) is 12.8 Å². The van der Waals surface area contributed by atoms with Crippen molar-refractivity contribution in [3.05, 3.63) is 58.7 Å². The normalized spacial score (nSPS) is 22.5. The van der Waals surface area contributed by atoms with E-state index in [0.29, 0.717) is 18.9 Å². The van der Waals surface area contributed by atoms with Crippen LogP contribution in [-0.4, -0.2) is 42.1 Å². The van der Waals surface area contributed by atoms with E-state index in [9.17, 15) is 4.39 Å². The van der Waals surface area contributed by atoms with Crippen molar-refractivity contribution < 1.29 is 4.39 Å². The summed E-state index contributed by atoms with van der Waals surface area (Å²) >= 11 is 0. The maximum atomic E-state index is 14.2. The molecule has 0 saturated carbocycles. The van der Waals surface area contributed by atoms with E-state index in [1.54, 1.807) is 0 Å². The lowest BCUT2D eigenvalue weighted by atomic mass is 9.95. The summed E-state index contributed by atoms with van der Waals surface area (Å²) in [5, 5.41) is 0. The van der Waals surface area contributed by atoms with Crippen molar-refractivity contribution in [3.8, 4) is 0 Å². The number of likely N-dealkylation sites (tertiary alicyclic amines) is 1. The van der Waals surface area contributed by atoms with Gasteiger partial charge in [-0.05, 0) is 98.9 Å². The summed E-state index contributed by atoms with van der Waals surface area (Å²) in [6.45, 7) is 19.1. The Balaban J connectivity index is 1.93. The SMILES string of the molecule is C=C(c1cc(CC)c(C)c(N=C(C)/C(C)=C/C2=CCCN=C2C)c1)N1CC(C)CC(F)C1. The van der Waals surface area contributed by atoms with Crippen LogP contribution >= 0.6 is 0 Å². The van der Waals surface area contributed by atoms with Crippen molar-refractivity contribution in [1.82, 2.24) is 4.90 Å². The number of halogens is 1. The van der Waals surface area contributed by atoms with E-state index in [0.717, 1.165) is 59.9 Å². The van der Waals surface area contributed by atoms with Gasteiger partial charge in [-0.1, -0.05) is 26.5 Å². The van der Waals surface area contributed by atoms with Crippen LogP contribution in [0.5, 0.6) is 0 Å². The zero-order valence-electron chi connectivity index (χ0n) is 20.6. The highest BCUT2D eigenvalue weighted by Crippen LogP contribution is 2.32. The number of dihydropyridines is 1. The third-order valence-electron chi connectivity index (χ3n) is 6.68. The van der Waals surface area contributed by atoms with E-state index in [1.807, 2.05) is 0 Å². The van der Waals surface area contributed by atoms with Gasteiger partial charge in [0.2, 0.25) is 0 Å². The number of aliphatic imine (C=N–C) groups is 2. The van der Waals surface area contributed by atoms with Crippen molar-refractivity contribution in [2.75, 3.05) is 19.6 Å². The molecule has 0 spiro atoms. The third kappa shape index (κ3) is 5.65. The van der Waals surface area contributed by atoms with Gasteiger partial charge in [0.25, 0.3) is 0 Å². The lowest BCUT2D eigenvalue weighted by molar-refractivity contribution is 0.148. The van der Waals surface area contributed by atoms with E-state index in [-0.39, 0.29) is 0 Å². The van der Waals surface area contributed by atoms with E-state index >= 15 is 0 Å². The highest BCUT2D eigenvalue weighted by Gasteiger charge is 2.26. The molecule has 1 fully saturated rings. The van der Waals surface area contributed by atoms with Crippen LogP contribution in [0.1, 0.15) is 64.2 Å². The lowest BCUT2D eigenvalue weighted by Gasteiger charge is -2.36. The predicted octanol–water partition coefficient (Wildman–Crippen LogP) is 7.04. The summed E-state index contributed by atoms with van der Waals surface area (Å²) in [5.74, 6) is 0.334. The molecule has 2 aliphatic rings. The molecule has 3 rings (SSSR count). The number of nitrogens with zero attached hydrogens (tertiary/aromatic N) is 3. The topological polar surface area (TPSA) is 28.0 Å². The molecular formula is C28H38FN3. The molecule has 0 N–H and O–H groups in total. The van der Waals surface area contributed by atoms with Gasteiger partial charge in [-0.2, -0.15) is 0 Å². The molecule has 0 aliphatic carbocycles. The predicted molar refractivity (Wildman–Crippen MR) is 137 cm³/mol. The van der Waals surface area contributed by atoms with Gasteiger partial charge in [0, 0.05) is 36.8 Å². The average molecular weight is 436 g/mol. The fourth-order valence-corrected chi connectivity index (χ4v) is 4.55. The largest absolute Gasteiger partial charge is 0.368 e. The minimum atomic E-state index is -0.791. The lowest BCUT2D eigenvalue weighted by Crippen LogP contribution is -2.39. The Morgan fingerprint density at radius 3 is 2.69 bits per heavy atom. The Bertz CT molecular complexity index is 986. The fraction of sp³-hybridized carbons (Fsp3) is 0.500. The molecule has 32 heavy (non-hydrogen) atoms. The zero-order chi connectivity index (χ0) is 23.4. The summed E-state index contributed by atoms with van der Waals surface area (Å²) in [4.78, 5) is 11.7. The quantitative estimate of drug-likeness (QED) is 0.441. The summed E-state index contributed by atoms with van der Waals surface area (Å²) in [6.07, 6.45) is 6.20. The van der Waals surface area contributed by atoms with Crippen molar-refractivity contribution >= 4 is 22.8 Å². The van der Waals surface area contributed by atoms with Crippen LogP contribution in [-0.2, 0) is 6.42 Å². The van der Waals surface area contributed by atoms with Crippen molar-refractivity contribution in [2.45, 2.75) is 67.0 Å². The van der Waals surface area contributed by atoms with Crippen LogP contribution in [0.4, 0.5) is 10.1 Å². The molecule has 3 nitrogen and oxygen atoms in total. The Kier molecular flexibility index (Phi) is 7.86. The van der Waals surface area contributed by atoms with Gasteiger partial charge in [0.15, 0.2) is 0 Å². The summed E-state index contributed by atoms with van der Waals surface area (Å²) in [7, 11) is 0. The molecule has 0 aromatic heterocycles.